The fraction of sp³-hybridized carbons (Fsp3) is 0.750. The van der Waals surface area contributed by atoms with Crippen molar-refractivity contribution in [3.63, 3.8) is 0 Å². The molecule has 0 aromatic heterocycles. The van der Waals surface area contributed by atoms with E-state index in [9.17, 15) is 19.5 Å². The number of methoxy groups -OCH3 is 1. The lowest BCUT2D eigenvalue weighted by molar-refractivity contribution is -0.188. The Hall–Kier alpha value is -1.53. The highest BCUT2D eigenvalue weighted by Gasteiger charge is 2.69. The molecule has 1 aliphatic carbocycles. The molecule has 1 saturated heterocycles. The van der Waals surface area contributed by atoms with Crippen molar-refractivity contribution in [3.05, 3.63) is 11.1 Å². The molecule has 1 heterocycles. The van der Waals surface area contributed by atoms with E-state index in [2.05, 4.69) is 0 Å². The Balaban J connectivity index is 2.16. The molecule has 0 radical (unpaired) electrons. The van der Waals surface area contributed by atoms with Crippen molar-refractivity contribution in [1.29, 1.82) is 0 Å². The Morgan fingerprint density at radius 1 is 1.31 bits per heavy atom. The largest absolute Gasteiger partial charge is 0.469 e. The van der Waals surface area contributed by atoms with Crippen molar-refractivity contribution in [2.75, 3.05) is 7.11 Å². The number of aliphatic hydroxyl groups is 1. The smallest absolute Gasteiger partial charge is 0.308 e. The van der Waals surface area contributed by atoms with Gasteiger partial charge in [-0.1, -0.05) is 6.92 Å². The maximum Gasteiger partial charge on any atom is 0.308 e. The Morgan fingerprint density at radius 3 is 2.46 bits per heavy atom. The molecule has 0 saturated carbocycles. The normalized spacial score (nSPS) is 35.3. The van der Waals surface area contributed by atoms with Crippen molar-refractivity contribution in [2.45, 2.75) is 83.5 Å². The lowest BCUT2D eigenvalue weighted by Gasteiger charge is -2.39. The number of ketones is 2. The zero-order valence-corrected chi connectivity index (χ0v) is 16.6. The molecule has 146 valence electrons. The van der Waals surface area contributed by atoms with Crippen LogP contribution in [0.3, 0.4) is 0 Å². The summed E-state index contributed by atoms with van der Waals surface area (Å²) >= 11 is 0. The second-order valence-corrected chi connectivity index (χ2v) is 8.04. The van der Waals surface area contributed by atoms with E-state index in [4.69, 9.17) is 9.47 Å². The average Bonchev–Trinajstić information content (AvgIpc) is 3.02. The number of carbonyl (C=O) groups excluding carboxylic acids is 3. The molecule has 2 rings (SSSR count). The first kappa shape index (κ1) is 20.8. The van der Waals surface area contributed by atoms with E-state index in [0.29, 0.717) is 36.8 Å². The van der Waals surface area contributed by atoms with Crippen LogP contribution in [0.25, 0.3) is 0 Å². The number of Topliss-reactive ketones (excluding diaryl/α,β-unsaturated/α-hetero) is 2. The standard InChI is InChI=1S/C20H30O6/c1-12(17(23)25-6)8-7-9-18(5)10-11-19(26-18)16(22)13(2)14(3)20(19,24)15(4)21/h12,24H,7-11H2,1-6H3/t12?,18-,19+,20-/m0/s1. The molecule has 4 atom stereocenters. The summed E-state index contributed by atoms with van der Waals surface area (Å²) in [5.41, 5.74) is -3.24. The van der Waals surface area contributed by atoms with Crippen LogP contribution in [0.4, 0.5) is 0 Å². The third-order valence-electron chi connectivity index (χ3n) is 6.28. The maximum absolute atomic E-state index is 12.9. The van der Waals surface area contributed by atoms with E-state index in [1.165, 1.54) is 14.0 Å². The van der Waals surface area contributed by atoms with Gasteiger partial charge in [-0.2, -0.15) is 0 Å². The van der Waals surface area contributed by atoms with E-state index < -0.39 is 22.6 Å². The molecule has 6 nitrogen and oxygen atoms in total. The highest BCUT2D eigenvalue weighted by molar-refractivity contribution is 6.14. The molecule has 6 heteroatoms. The fourth-order valence-electron chi connectivity index (χ4n) is 4.42. The molecule has 26 heavy (non-hydrogen) atoms. The predicted molar refractivity (Wildman–Crippen MR) is 95.5 cm³/mol. The third-order valence-corrected chi connectivity index (χ3v) is 6.28. The minimum atomic E-state index is -1.90. The quantitative estimate of drug-likeness (QED) is 0.727. The van der Waals surface area contributed by atoms with Crippen LogP contribution in [0.1, 0.15) is 66.7 Å². The van der Waals surface area contributed by atoms with Crippen LogP contribution in [-0.4, -0.2) is 46.6 Å². The highest BCUT2D eigenvalue weighted by atomic mass is 16.6. The number of rotatable bonds is 6. The summed E-state index contributed by atoms with van der Waals surface area (Å²) in [5.74, 6) is -1.21. The Kier molecular flexibility index (Phi) is 5.51. The van der Waals surface area contributed by atoms with Crippen molar-refractivity contribution in [2.24, 2.45) is 5.92 Å². The topological polar surface area (TPSA) is 89.9 Å². The summed E-state index contributed by atoms with van der Waals surface area (Å²) in [5, 5.41) is 11.2. The fourth-order valence-corrected chi connectivity index (χ4v) is 4.42. The Bertz CT molecular complexity index is 665. The summed E-state index contributed by atoms with van der Waals surface area (Å²) in [4.78, 5) is 36.7. The molecule has 2 aliphatic rings. The van der Waals surface area contributed by atoms with Crippen molar-refractivity contribution in [3.8, 4) is 0 Å². The molecule has 0 bridgehead atoms. The van der Waals surface area contributed by atoms with Crippen LogP contribution < -0.4 is 0 Å². The van der Waals surface area contributed by atoms with E-state index in [0.717, 1.165) is 6.42 Å². The number of hydrogen-bond donors (Lipinski definition) is 1. The van der Waals surface area contributed by atoms with Gasteiger partial charge in [-0.15, -0.1) is 0 Å². The number of esters is 1. The van der Waals surface area contributed by atoms with Gasteiger partial charge in [-0.3, -0.25) is 14.4 Å². The Morgan fingerprint density at radius 2 is 1.92 bits per heavy atom. The van der Waals surface area contributed by atoms with Gasteiger partial charge in [-0.05, 0) is 70.9 Å². The van der Waals surface area contributed by atoms with Crippen LogP contribution in [0.2, 0.25) is 0 Å². The first-order valence-corrected chi connectivity index (χ1v) is 9.19. The number of hydrogen-bond acceptors (Lipinski definition) is 6. The third kappa shape index (κ3) is 2.93. The zero-order valence-electron chi connectivity index (χ0n) is 16.6. The molecule has 1 unspecified atom stereocenters. The summed E-state index contributed by atoms with van der Waals surface area (Å²) in [6.07, 6.45) is 2.89. The van der Waals surface area contributed by atoms with Crippen molar-refractivity contribution in [1.82, 2.24) is 0 Å². The van der Waals surface area contributed by atoms with Gasteiger partial charge in [-0.25, -0.2) is 0 Å². The van der Waals surface area contributed by atoms with Gasteiger partial charge in [0.05, 0.1) is 18.6 Å². The average molecular weight is 366 g/mol. The van der Waals surface area contributed by atoms with Crippen molar-refractivity contribution < 1.29 is 29.0 Å². The first-order valence-electron chi connectivity index (χ1n) is 9.19. The molecule has 0 aromatic carbocycles. The molecule has 1 aliphatic heterocycles. The van der Waals surface area contributed by atoms with E-state index >= 15 is 0 Å². The van der Waals surface area contributed by atoms with Crippen LogP contribution in [-0.2, 0) is 23.9 Å². The highest BCUT2D eigenvalue weighted by Crippen LogP contribution is 2.54. The SMILES string of the molecule is COC(=O)C(C)CCC[C@@]1(C)CC[C@@]2(O1)C(=O)C(C)=C(C)[C@]2(O)C(C)=O. The van der Waals surface area contributed by atoms with E-state index in [1.54, 1.807) is 13.8 Å². The van der Waals surface area contributed by atoms with Crippen LogP contribution >= 0.6 is 0 Å². The van der Waals surface area contributed by atoms with Gasteiger partial charge in [0.15, 0.2) is 22.8 Å². The van der Waals surface area contributed by atoms with Gasteiger partial charge in [0.2, 0.25) is 0 Å². The van der Waals surface area contributed by atoms with Crippen LogP contribution in [0.5, 0.6) is 0 Å². The molecule has 1 spiro atoms. The first-order chi connectivity index (χ1) is 11.9. The van der Waals surface area contributed by atoms with Gasteiger partial charge in [0.1, 0.15) is 0 Å². The van der Waals surface area contributed by atoms with Gasteiger partial charge >= 0.3 is 5.97 Å². The number of ether oxygens (including phenoxy) is 2. The molecular weight excluding hydrogens is 336 g/mol. The molecule has 0 aromatic rings. The number of carbonyl (C=O) groups is 3. The second kappa shape index (κ2) is 6.89. The molecule has 0 amide bonds. The second-order valence-electron chi connectivity index (χ2n) is 8.04. The lowest BCUT2D eigenvalue weighted by atomic mass is 9.77. The Labute approximate surface area is 154 Å². The van der Waals surface area contributed by atoms with Gasteiger partial charge < -0.3 is 14.6 Å². The predicted octanol–water partition coefficient (Wildman–Crippen LogP) is 2.51. The summed E-state index contributed by atoms with van der Waals surface area (Å²) < 4.78 is 11.0. The van der Waals surface area contributed by atoms with Crippen molar-refractivity contribution >= 4 is 17.5 Å². The van der Waals surface area contributed by atoms with Gasteiger partial charge in [0, 0.05) is 0 Å². The van der Waals surface area contributed by atoms with Crippen LogP contribution in [0.15, 0.2) is 11.1 Å². The monoisotopic (exact) mass is 366 g/mol. The summed E-state index contributed by atoms with van der Waals surface area (Å²) in [6, 6.07) is 0. The lowest BCUT2D eigenvalue weighted by Crippen LogP contribution is -2.60. The molecular formula is C20H30O6. The minimum absolute atomic E-state index is 0.201. The minimum Gasteiger partial charge on any atom is -0.469 e. The maximum atomic E-state index is 12.9. The molecule has 1 fully saturated rings. The zero-order chi connectivity index (χ0) is 19.9. The van der Waals surface area contributed by atoms with Crippen LogP contribution in [0, 0.1) is 5.92 Å². The van der Waals surface area contributed by atoms with Gasteiger partial charge in [0.25, 0.3) is 0 Å². The summed E-state index contributed by atoms with van der Waals surface area (Å²) in [7, 11) is 1.37. The van der Waals surface area contributed by atoms with E-state index in [1.807, 2.05) is 13.8 Å². The van der Waals surface area contributed by atoms with E-state index in [-0.39, 0.29) is 17.7 Å². The molecule has 1 N–H and O–H groups in total. The summed E-state index contributed by atoms with van der Waals surface area (Å²) in [6.45, 7) is 8.28.